The molecule has 0 bridgehead atoms. The Hall–Kier alpha value is -2.54. The summed E-state index contributed by atoms with van der Waals surface area (Å²) in [5, 5.41) is 3.40. The highest BCUT2D eigenvalue weighted by atomic mass is 35.5. The largest absolute Gasteiger partial charge is 0.492 e. The number of carbonyl (C=O) groups is 1. The van der Waals surface area contributed by atoms with E-state index in [1.165, 1.54) is 19.3 Å². The van der Waals surface area contributed by atoms with E-state index in [4.69, 9.17) is 16.3 Å². The molecule has 1 saturated heterocycles. The number of aliphatic imine (C=N–C) groups is 1. The quantitative estimate of drug-likeness (QED) is 0.631. The number of hydrogen-bond acceptors (Lipinski definition) is 5. The summed E-state index contributed by atoms with van der Waals surface area (Å²) in [6.45, 7) is 4.10. The Morgan fingerprint density at radius 2 is 2.07 bits per heavy atom. The first-order chi connectivity index (χ1) is 14.1. The van der Waals surface area contributed by atoms with E-state index in [0.717, 1.165) is 30.6 Å². The SMILES string of the molecule is CC1C(=O)NC2=Nc3ccc(OCCCCCCCn4ccnc4)c(Cl)c3CN21. The van der Waals surface area contributed by atoms with E-state index in [0.29, 0.717) is 29.9 Å². The molecule has 0 saturated carbocycles. The lowest BCUT2D eigenvalue weighted by molar-refractivity contribution is -0.121. The summed E-state index contributed by atoms with van der Waals surface area (Å²) in [4.78, 5) is 22.4. The van der Waals surface area contributed by atoms with Gasteiger partial charge in [-0.25, -0.2) is 9.98 Å². The van der Waals surface area contributed by atoms with Gasteiger partial charge in [-0.15, -0.1) is 0 Å². The minimum absolute atomic E-state index is 0.0332. The molecule has 1 atom stereocenters. The molecule has 0 aliphatic carbocycles. The summed E-state index contributed by atoms with van der Waals surface area (Å²) in [7, 11) is 0. The van der Waals surface area contributed by atoms with Crippen LogP contribution in [-0.2, 0) is 17.9 Å². The van der Waals surface area contributed by atoms with Gasteiger partial charge in [0.15, 0.2) is 0 Å². The molecule has 1 amide bonds. The maximum Gasteiger partial charge on any atom is 0.249 e. The molecule has 7 nitrogen and oxygen atoms in total. The van der Waals surface area contributed by atoms with E-state index in [1.54, 1.807) is 0 Å². The number of aromatic nitrogens is 2. The lowest BCUT2D eigenvalue weighted by Crippen LogP contribution is -2.35. The third-order valence-electron chi connectivity index (χ3n) is 5.47. The number of aryl methyl sites for hydroxylation is 1. The van der Waals surface area contributed by atoms with Crippen LogP contribution in [0.4, 0.5) is 5.69 Å². The van der Waals surface area contributed by atoms with Crippen molar-refractivity contribution in [2.45, 2.75) is 58.2 Å². The van der Waals surface area contributed by atoms with Crippen molar-refractivity contribution in [2.24, 2.45) is 4.99 Å². The highest BCUT2D eigenvalue weighted by molar-refractivity contribution is 6.33. The maximum atomic E-state index is 11.9. The Morgan fingerprint density at radius 1 is 1.24 bits per heavy atom. The van der Waals surface area contributed by atoms with Gasteiger partial charge in [0.2, 0.25) is 11.9 Å². The zero-order valence-electron chi connectivity index (χ0n) is 16.6. The molecule has 2 aliphatic rings. The van der Waals surface area contributed by atoms with Gasteiger partial charge in [-0.3, -0.25) is 10.1 Å². The van der Waals surface area contributed by atoms with Crippen molar-refractivity contribution in [1.29, 1.82) is 0 Å². The minimum atomic E-state index is -0.240. The monoisotopic (exact) mass is 415 g/mol. The number of ether oxygens (including phenoxy) is 1. The number of nitrogens with one attached hydrogen (secondary N) is 1. The van der Waals surface area contributed by atoms with Crippen LogP contribution in [0, 0.1) is 0 Å². The first-order valence-corrected chi connectivity index (χ1v) is 10.6. The van der Waals surface area contributed by atoms with Crippen molar-refractivity contribution < 1.29 is 9.53 Å². The average Bonchev–Trinajstić information content (AvgIpc) is 3.33. The Balaban J connectivity index is 1.22. The maximum absolute atomic E-state index is 11.9. The standard InChI is InChI=1S/C21H26ClN5O2/c1-15-20(28)25-21-24-17-7-8-18(19(22)16(17)13-27(15)21)29-12-6-4-2-3-5-10-26-11-9-23-14-26/h7-9,11,14-15H,2-6,10,12-13H2,1H3,(H,24,25,28). The van der Waals surface area contributed by atoms with E-state index in [-0.39, 0.29) is 11.9 Å². The van der Waals surface area contributed by atoms with Crippen LogP contribution in [0.3, 0.4) is 0 Å². The summed E-state index contributed by atoms with van der Waals surface area (Å²) in [6.07, 6.45) is 11.4. The number of carbonyl (C=O) groups excluding carboxylic acids is 1. The summed E-state index contributed by atoms with van der Waals surface area (Å²) >= 11 is 6.60. The average molecular weight is 416 g/mol. The molecule has 0 radical (unpaired) electrons. The Kier molecular flexibility index (Phi) is 6.04. The van der Waals surface area contributed by atoms with Crippen molar-refractivity contribution in [3.05, 3.63) is 41.4 Å². The van der Waals surface area contributed by atoms with Crippen LogP contribution in [0.15, 0.2) is 35.8 Å². The van der Waals surface area contributed by atoms with Gasteiger partial charge in [0.25, 0.3) is 0 Å². The number of halogens is 1. The fourth-order valence-corrected chi connectivity index (χ4v) is 3.96. The number of guanidine groups is 1. The Bertz CT molecular complexity index is 897. The van der Waals surface area contributed by atoms with Gasteiger partial charge < -0.3 is 14.2 Å². The summed E-state index contributed by atoms with van der Waals surface area (Å²) in [5.74, 6) is 1.26. The number of benzene rings is 1. The Morgan fingerprint density at radius 3 is 2.90 bits per heavy atom. The van der Waals surface area contributed by atoms with Crippen molar-refractivity contribution in [3.63, 3.8) is 0 Å². The van der Waals surface area contributed by atoms with Crippen molar-refractivity contribution in [2.75, 3.05) is 6.61 Å². The van der Waals surface area contributed by atoms with Gasteiger partial charge in [0, 0.05) is 24.5 Å². The highest BCUT2D eigenvalue weighted by Crippen LogP contribution is 2.39. The van der Waals surface area contributed by atoms with Crippen LogP contribution in [0.2, 0.25) is 5.02 Å². The number of fused-ring (bicyclic) bond motifs is 2. The summed E-state index contributed by atoms with van der Waals surface area (Å²) in [6, 6.07) is 3.54. The van der Waals surface area contributed by atoms with Crippen LogP contribution in [0.25, 0.3) is 0 Å². The normalized spacial score (nSPS) is 17.6. The van der Waals surface area contributed by atoms with Gasteiger partial charge >= 0.3 is 0 Å². The zero-order valence-corrected chi connectivity index (χ0v) is 17.4. The predicted octanol–water partition coefficient (Wildman–Crippen LogP) is 3.89. The summed E-state index contributed by atoms with van der Waals surface area (Å²) < 4.78 is 8.05. The molecule has 2 aromatic rings. The van der Waals surface area contributed by atoms with E-state index >= 15 is 0 Å². The van der Waals surface area contributed by atoms with Crippen LogP contribution in [-0.4, -0.2) is 39.0 Å². The molecule has 1 aromatic heterocycles. The molecule has 29 heavy (non-hydrogen) atoms. The van der Waals surface area contributed by atoms with Gasteiger partial charge in [-0.2, -0.15) is 0 Å². The number of imidazole rings is 1. The predicted molar refractivity (Wildman–Crippen MR) is 113 cm³/mol. The number of amides is 1. The zero-order chi connectivity index (χ0) is 20.2. The van der Waals surface area contributed by atoms with Crippen molar-refractivity contribution >= 4 is 29.2 Å². The topological polar surface area (TPSA) is 71.7 Å². The molecular weight excluding hydrogens is 390 g/mol. The van der Waals surface area contributed by atoms with Gasteiger partial charge in [-0.1, -0.05) is 30.9 Å². The molecule has 4 rings (SSSR count). The first kappa shape index (κ1) is 19.8. The molecule has 1 N–H and O–H groups in total. The van der Waals surface area contributed by atoms with E-state index in [9.17, 15) is 4.79 Å². The third kappa shape index (κ3) is 4.40. The molecule has 2 aliphatic heterocycles. The van der Waals surface area contributed by atoms with Crippen LogP contribution < -0.4 is 10.1 Å². The Labute approximate surface area is 175 Å². The molecule has 1 fully saturated rings. The number of unbranched alkanes of at least 4 members (excludes halogenated alkanes) is 4. The van der Waals surface area contributed by atoms with E-state index in [1.807, 2.05) is 42.7 Å². The van der Waals surface area contributed by atoms with E-state index < -0.39 is 0 Å². The van der Waals surface area contributed by atoms with Gasteiger partial charge in [0.1, 0.15) is 11.8 Å². The highest BCUT2D eigenvalue weighted by Gasteiger charge is 2.36. The lowest BCUT2D eigenvalue weighted by atomic mass is 10.1. The smallest absolute Gasteiger partial charge is 0.249 e. The second-order valence-corrected chi connectivity index (χ2v) is 7.90. The molecule has 154 valence electrons. The fraction of sp³-hybridized carbons (Fsp3) is 0.476. The second kappa shape index (κ2) is 8.86. The second-order valence-electron chi connectivity index (χ2n) is 7.52. The van der Waals surface area contributed by atoms with E-state index in [2.05, 4.69) is 19.9 Å². The third-order valence-corrected chi connectivity index (χ3v) is 5.88. The number of hydrogen-bond donors (Lipinski definition) is 1. The summed E-state index contributed by atoms with van der Waals surface area (Å²) in [5.41, 5.74) is 1.71. The first-order valence-electron chi connectivity index (χ1n) is 10.2. The molecule has 3 heterocycles. The van der Waals surface area contributed by atoms with Gasteiger partial charge in [0.05, 0.1) is 30.2 Å². The van der Waals surface area contributed by atoms with Crippen molar-refractivity contribution in [3.8, 4) is 5.75 Å². The number of nitrogens with zero attached hydrogens (tertiary/aromatic N) is 4. The molecular formula is C21H26ClN5O2. The minimum Gasteiger partial charge on any atom is -0.492 e. The van der Waals surface area contributed by atoms with Crippen LogP contribution >= 0.6 is 11.6 Å². The number of rotatable bonds is 9. The van der Waals surface area contributed by atoms with Crippen LogP contribution in [0.1, 0.15) is 44.6 Å². The molecule has 8 heteroatoms. The lowest BCUT2D eigenvalue weighted by Gasteiger charge is -2.27. The fourth-order valence-electron chi connectivity index (χ4n) is 3.68. The molecule has 1 unspecified atom stereocenters. The van der Waals surface area contributed by atoms with Crippen LogP contribution in [0.5, 0.6) is 5.75 Å². The molecule has 1 aromatic carbocycles. The van der Waals surface area contributed by atoms with Gasteiger partial charge in [-0.05, 0) is 31.9 Å². The van der Waals surface area contributed by atoms with Crippen molar-refractivity contribution in [1.82, 2.24) is 19.8 Å². The molecule has 0 spiro atoms.